The molecule has 1 aromatic carbocycles. The fourth-order valence-corrected chi connectivity index (χ4v) is 1.15. The molecule has 0 bridgehead atoms. The van der Waals surface area contributed by atoms with Gasteiger partial charge in [-0.15, -0.1) is 0 Å². The lowest BCUT2D eigenvalue weighted by molar-refractivity contribution is -0.131. The average Bonchev–Trinajstić information content (AvgIpc) is 2.21. The Balaban J connectivity index is 2.70. The van der Waals surface area contributed by atoms with Crippen molar-refractivity contribution in [1.82, 2.24) is 0 Å². The van der Waals surface area contributed by atoms with E-state index in [0.717, 1.165) is 23.3 Å². The molecule has 0 aliphatic heterocycles. The molecule has 4 nitrogen and oxygen atoms in total. The van der Waals surface area contributed by atoms with Gasteiger partial charge in [0.15, 0.2) is 0 Å². The minimum absolute atomic E-state index is 0.453. The number of carbonyl (C=O) groups is 2. The molecule has 0 aromatic heterocycles. The molecule has 4 heteroatoms. The number of benzene rings is 1. The van der Waals surface area contributed by atoms with Crippen LogP contribution >= 0.6 is 0 Å². The zero-order valence-corrected chi connectivity index (χ0v) is 9.15. The second kappa shape index (κ2) is 5.11. The van der Waals surface area contributed by atoms with Crippen molar-refractivity contribution in [1.29, 1.82) is 0 Å². The van der Waals surface area contributed by atoms with E-state index in [-0.39, 0.29) is 0 Å². The molecule has 0 radical (unpaired) electrons. The molecule has 0 heterocycles. The first-order valence-corrected chi connectivity index (χ1v) is 4.78. The zero-order valence-electron chi connectivity index (χ0n) is 9.15. The van der Waals surface area contributed by atoms with E-state index >= 15 is 0 Å². The lowest BCUT2D eigenvalue weighted by atomic mass is 10.1. The lowest BCUT2D eigenvalue weighted by Crippen LogP contribution is -2.08. The van der Waals surface area contributed by atoms with Crippen LogP contribution in [0.2, 0.25) is 0 Å². The van der Waals surface area contributed by atoms with Crippen molar-refractivity contribution in [2.24, 2.45) is 0 Å². The Morgan fingerprint density at radius 3 is 2.44 bits per heavy atom. The number of rotatable bonds is 3. The van der Waals surface area contributed by atoms with Crippen LogP contribution in [0.15, 0.2) is 30.4 Å². The molecule has 2 N–H and O–H groups in total. The van der Waals surface area contributed by atoms with E-state index in [2.05, 4.69) is 5.32 Å². The second-order valence-corrected chi connectivity index (χ2v) is 3.46. The molecule has 0 saturated heterocycles. The van der Waals surface area contributed by atoms with E-state index in [1.54, 1.807) is 6.07 Å². The van der Waals surface area contributed by atoms with Gasteiger partial charge in [-0.3, -0.25) is 4.79 Å². The number of hydrogen-bond acceptors (Lipinski definition) is 2. The molecular weight excluding hydrogens is 206 g/mol. The van der Waals surface area contributed by atoms with Crippen LogP contribution in [0, 0.1) is 13.8 Å². The summed E-state index contributed by atoms with van der Waals surface area (Å²) in [4.78, 5) is 21.4. The largest absolute Gasteiger partial charge is 0.478 e. The van der Waals surface area contributed by atoms with Gasteiger partial charge in [0.2, 0.25) is 5.91 Å². The van der Waals surface area contributed by atoms with Crippen LogP contribution in [0.1, 0.15) is 11.1 Å². The lowest BCUT2D eigenvalue weighted by Gasteiger charge is -2.05. The van der Waals surface area contributed by atoms with Gasteiger partial charge in [-0.05, 0) is 37.1 Å². The maximum absolute atomic E-state index is 11.3. The predicted molar refractivity (Wildman–Crippen MR) is 61.3 cm³/mol. The van der Waals surface area contributed by atoms with Gasteiger partial charge in [-0.2, -0.15) is 0 Å². The monoisotopic (exact) mass is 219 g/mol. The number of aryl methyl sites for hydroxylation is 2. The molecule has 0 aliphatic carbocycles. The number of hydrogen-bond donors (Lipinski definition) is 2. The molecule has 0 aliphatic rings. The summed E-state index contributed by atoms with van der Waals surface area (Å²) in [7, 11) is 0. The van der Waals surface area contributed by atoms with Gasteiger partial charge < -0.3 is 10.4 Å². The number of anilines is 1. The topological polar surface area (TPSA) is 66.4 Å². The van der Waals surface area contributed by atoms with E-state index in [0.29, 0.717) is 5.69 Å². The average molecular weight is 219 g/mol. The SMILES string of the molecule is Cc1ccc(NC(=O)/C=C/C(=O)O)cc1C. The highest BCUT2D eigenvalue weighted by Gasteiger charge is 2.00. The van der Waals surface area contributed by atoms with E-state index < -0.39 is 11.9 Å². The van der Waals surface area contributed by atoms with Crippen LogP contribution in [-0.2, 0) is 9.59 Å². The molecule has 0 atom stereocenters. The molecule has 1 aromatic rings. The number of aliphatic carboxylic acids is 1. The Labute approximate surface area is 93.6 Å². The standard InChI is InChI=1S/C12H13NO3/c1-8-3-4-10(7-9(8)2)13-11(14)5-6-12(15)16/h3-7H,1-2H3,(H,13,14)(H,15,16)/b6-5+. The maximum atomic E-state index is 11.3. The van der Waals surface area contributed by atoms with Crippen molar-refractivity contribution in [3.63, 3.8) is 0 Å². The van der Waals surface area contributed by atoms with Crippen LogP contribution < -0.4 is 5.32 Å². The Kier molecular flexibility index (Phi) is 3.83. The van der Waals surface area contributed by atoms with E-state index in [9.17, 15) is 9.59 Å². The minimum Gasteiger partial charge on any atom is -0.478 e. The first-order chi connectivity index (χ1) is 7.49. The van der Waals surface area contributed by atoms with Crippen LogP contribution in [0.4, 0.5) is 5.69 Å². The first kappa shape index (κ1) is 12.0. The number of amides is 1. The Morgan fingerprint density at radius 2 is 1.88 bits per heavy atom. The number of carboxylic acids is 1. The van der Waals surface area contributed by atoms with Gasteiger partial charge in [0.25, 0.3) is 0 Å². The molecule has 84 valence electrons. The van der Waals surface area contributed by atoms with Gasteiger partial charge in [0.1, 0.15) is 0 Å². The van der Waals surface area contributed by atoms with E-state index in [1.807, 2.05) is 26.0 Å². The molecule has 0 saturated carbocycles. The summed E-state index contributed by atoms with van der Waals surface area (Å²) in [5, 5.41) is 10.9. The molecule has 16 heavy (non-hydrogen) atoms. The highest BCUT2D eigenvalue weighted by atomic mass is 16.4. The Bertz CT molecular complexity index is 450. The molecule has 0 unspecified atom stereocenters. The third kappa shape index (κ3) is 3.57. The minimum atomic E-state index is -1.14. The van der Waals surface area contributed by atoms with Crippen molar-refractivity contribution < 1.29 is 14.7 Å². The summed E-state index contributed by atoms with van der Waals surface area (Å²) in [5.41, 5.74) is 2.86. The van der Waals surface area contributed by atoms with Gasteiger partial charge in [-0.25, -0.2) is 4.79 Å². The van der Waals surface area contributed by atoms with Crippen molar-refractivity contribution in [3.05, 3.63) is 41.5 Å². The normalized spacial score (nSPS) is 10.4. The fourth-order valence-electron chi connectivity index (χ4n) is 1.15. The smallest absolute Gasteiger partial charge is 0.328 e. The quantitative estimate of drug-likeness (QED) is 0.763. The molecular formula is C12H13NO3. The predicted octanol–water partition coefficient (Wildman–Crippen LogP) is 1.88. The van der Waals surface area contributed by atoms with Gasteiger partial charge >= 0.3 is 5.97 Å². The summed E-state index contributed by atoms with van der Waals surface area (Å²) in [6.45, 7) is 3.92. The van der Waals surface area contributed by atoms with E-state index in [1.165, 1.54) is 0 Å². The highest BCUT2D eigenvalue weighted by Crippen LogP contribution is 2.13. The van der Waals surface area contributed by atoms with Gasteiger partial charge in [0, 0.05) is 17.8 Å². The zero-order chi connectivity index (χ0) is 12.1. The molecule has 1 rings (SSSR count). The first-order valence-electron chi connectivity index (χ1n) is 4.78. The summed E-state index contributed by atoms with van der Waals surface area (Å²) in [5.74, 6) is -1.60. The highest BCUT2D eigenvalue weighted by molar-refractivity contribution is 6.02. The summed E-state index contributed by atoms with van der Waals surface area (Å²) in [6, 6.07) is 5.50. The van der Waals surface area contributed by atoms with Crippen LogP contribution in [0.25, 0.3) is 0 Å². The Morgan fingerprint density at radius 1 is 1.19 bits per heavy atom. The second-order valence-electron chi connectivity index (χ2n) is 3.46. The fraction of sp³-hybridized carbons (Fsp3) is 0.167. The van der Waals surface area contributed by atoms with Crippen molar-refractivity contribution in [3.8, 4) is 0 Å². The Hall–Kier alpha value is -2.10. The van der Waals surface area contributed by atoms with Crippen LogP contribution in [0.3, 0.4) is 0 Å². The van der Waals surface area contributed by atoms with Crippen molar-refractivity contribution in [2.75, 3.05) is 5.32 Å². The number of carboxylic acid groups (broad SMARTS) is 1. The van der Waals surface area contributed by atoms with Gasteiger partial charge in [-0.1, -0.05) is 6.07 Å². The van der Waals surface area contributed by atoms with Crippen LogP contribution in [-0.4, -0.2) is 17.0 Å². The summed E-state index contributed by atoms with van der Waals surface area (Å²) in [6.07, 6.45) is 1.79. The third-order valence-corrected chi connectivity index (χ3v) is 2.15. The third-order valence-electron chi connectivity index (χ3n) is 2.15. The van der Waals surface area contributed by atoms with Crippen molar-refractivity contribution in [2.45, 2.75) is 13.8 Å². The molecule has 1 amide bonds. The molecule has 0 fully saturated rings. The van der Waals surface area contributed by atoms with Gasteiger partial charge in [0.05, 0.1) is 0 Å². The summed E-state index contributed by atoms with van der Waals surface area (Å²) < 4.78 is 0. The summed E-state index contributed by atoms with van der Waals surface area (Å²) >= 11 is 0. The van der Waals surface area contributed by atoms with Crippen molar-refractivity contribution >= 4 is 17.6 Å². The maximum Gasteiger partial charge on any atom is 0.328 e. The number of nitrogens with one attached hydrogen (secondary N) is 1. The molecule has 0 spiro atoms. The van der Waals surface area contributed by atoms with Crippen LogP contribution in [0.5, 0.6) is 0 Å². The van der Waals surface area contributed by atoms with E-state index in [4.69, 9.17) is 5.11 Å². The number of carbonyl (C=O) groups excluding carboxylic acids is 1.